The molecule has 0 bridgehead atoms. The van der Waals surface area contributed by atoms with Crippen LogP contribution in [0.3, 0.4) is 0 Å². The third kappa shape index (κ3) is 5.95. The molecule has 0 radical (unpaired) electrons. The van der Waals surface area contributed by atoms with Gasteiger partial charge in [-0.3, -0.25) is 9.59 Å². The Hall–Kier alpha value is -2.25. The topological polar surface area (TPSA) is 113 Å². The Labute approximate surface area is 147 Å². The van der Waals surface area contributed by atoms with Crippen molar-refractivity contribution in [3.05, 3.63) is 35.9 Å². The lowest BCUT2D eigenvalue weighted by Gasteiger charge is -2.16. The van der Waals surface area contributed by atoms with Crippen molar-refractivity contribution in [3.8, 4) is 0 Å². The zero-order chi connectivity index (χ0) is 18.1. The number of hydrogen-bond acceptors (Lipinski definition) is 5. The van der Waals surface area contributed by atoms with Gasteiger partial charge in [0.25, 0.3) is 5.91 Å². The van der Waals surface area contributed by atoms with Gasteiger partial charge in [-0.2, -0.15) is 0 Å². The van der Waals surface area contributed by atoms with Gasteiger partial charge in [-0.05, 0) is 44.4 Å². The normalized spacial score (nSPS) is 20.7. The summed E-state index contributed by atoms with van der Waals surface area (Å²) < 4.78 is 0. The summed E-state index contributed by atoms with van der Waals surface area (Å²) in [4.78, 5) is 35.5. The second-order valence-electron chi connectivity index (χ2n) is 6.27. The monoisotopic (exact) mass is 346 g/mol. The first-order chi connectivity index (χ1) is 12.1. The lowest BCUT2D eigenvalue weighted by atomic mass is 10.1. The van der Waals surface area contributed by atoms with Gasteiger partial charge in [-0.1, -0.05) is 18.2 Å². The van der Waals surface area contributed by atoms with E-state index in [1.54, 1.807) is 12.1 Å². The molecule has 0 saturated carbocycles. The van der Waals surface area contributed by atoms with Gasteiger partial charge >= 0.3 is 0 Å². The van der Waals surface area contributed by atoms with E-state index in [9.17, 15) is 14.4 Å². The number of unbranched alkanes of at least 4 members (excludes halogenated alkanes) is 1. The number of benzene rings is 1. The van der Waals surface area contributed by atoms with E-state index in [1.807, 2.05) is 18.2 Å². The average molecular weight is 346 g/mol. The third-order valence-electron chi connectivity index (χ3n) is 4.28. The first kappa shape index (κ1) is 19.1. The predicted molar refractivity (Wildman–Crippen MR) is 95.0 cm³/mol. The molecule has 1 fully saturated rings. The smallest absolute Gasteiger partial charge is 0.251 e. The molecule has 1 saturated heterocycles. The van der Waals surface area contributed by atoms with Crippen LogP contribution >= 0.6 is 0 Å². The highest BCUT2D eigenvalue weighted by Gasteiger charge is 2.31. The fourth-order valence-electron chi connectivity index (χ4n) is 2.87. The van der Waals surface area contributed by atoms with E-state index in [2.05, 4.69) is 16.0 Å². The summed E-state index contributed by atoms with van der Waals surface area (Å²) in [5, 5.41) is 8.77. The van der Waals surface area contributed by atoms with Crippen molar-refractivity contribution in [2.45, 2.75) is 43.8 Å². The molecule has 2 rings (SSSR count). The summed E-state index contributed by atoms with van der Waals surface area (Å²) in [6, 6.07) is 7.96. The van der Waals surface area contributed by atoms with E-state index < -0.39 is 12.1 Å². The molecular weight excluding hydrogens is 320 g/mol. The average Bonchev–Trinajstić information content (AvgIpc) is 3.10. The van der Waals surface area contributed by atoms with Gasteiger partial charge in [0.2, 0.25) is 5.91 Å². The van der Waals surface area contributed by atoms with Gasteiger partial charge in [0.05, 0.1) is 12.1 Å². The summed E-state index contributed by atoms with van der Waals surface area (Å²) >= 11 is 0. The highest BCUT2D eigenvalue weighted by atomic mass is 16.2. The fraction of sp³-hybridized carbons (Fsp3) is 0.500. The van der Waals surface area contributed by atoms with E-state index in [1.165, 1.54) is 0 Å². The molecule has 1 heterocycles. The Bertz CT molecular complexity index is 579. The molecule has 0 aliphatic carbocycles. The lowest BCUT2D eigenvalue weighted by molar-refractivity contribution is -0.125. The summed E-state index contributed by atoms with van der Waals surface area (Å²) in [6.45, 7) is 1.10. The van der Waals surface area contributed by atoms with E-state index in [4.69, 9.17) is 5.73 Å². The number of carbonyl (C=O) groups is 3. The molecule has 136 valence electrons. The van der Waals surface area contributed by atoms with E-state index >= 15 is 0 Å². The number of aldehydes is 1. The second kappa shape index (κ2) is 9.90. The first-order valence-corrected chi connectivity index (χ1v) is 8.69. The minimum absolute atomic E-state index is 0.115. The largest absolute Gasteiger partial charge is 0.348 e. The molecule has 0 spiro atoms. The molecule has 0 aromatic heterocycles. The Morgan fingerprint density at radius 3 is 2.72 bits per heavy atom. The van der Waals surface area contributed by atoms with Crippen LogP contribution in [0.5, 0.6) is 0 Å². The highest BCUT2D eigenvalue weighted by Crippen LogP contribution is 2.09. The lowest BCUT2D eigenvalue weighted by Crippen LogP contribution is -2.45. The van der Waals surface area contributed by atoms with Gasteiger partial charge in [0.1, 0.15) is 6.29 Å². The van der Waals surface area contributed by atoms with Gasteiger partial charge < -0.3 is 26.5 Å². The molecule has 1 aromatic rings. The van der Waals surface area contributed by atoms with Crippen LogP contribution in [0.4, 0.5) is 0 Å². The standard InChI is InChI=1S/C18H26N4O3/c19-9-5-4-8-14(12-23)21-18(25)16-10-15(11-20-16)22-17(24)13-6-2-1-3-7-13/h1-3,6-7,12,14-16,20H,4-5,8-11,19H2,(H,21,25)(H,22,24). The minimum Gasteiger partial charge on any atom is -0.348 e. The van der Waals surface area contributed by atoms with E-state index in [0.717, 1.165) is 19.1 Å². The van der Waals surface area contributed by atoms with E-state index in [-0.39, 0.29) is 17.9 Å². The molecule has 1 aromatic carbocycles. The zero-order valence-corrected chi connectivity index (χ0v) is 14.2. The van der Waals surface area contributed by atoms with Crippen LogP contribution in [0.1, 0.15) is 36.0 Å². The summed E-state index contributed by atoms with van der Waals surface area (Å²) in [7, 11) is 0. The van der Waals surface area contributed by atoms with E-state index in [0.29, 0.717) is 31.5 Å². The van der Waals surface area contributed by atoms with Crippen molar-refractivity contribution >= 4 is 18.1 Å². The van der Waals surface area contributed by atoms with Gasteiger partial charge in [0.15, 0.2) is 0 Å². The molecule has 7 heteroatoms. The SMILES string of the molecule is NCCCCC(C=O)NC(=O)C1CC(NC(=O)c2ccccc2)CN1. The zero-order valence-electron chi connectivity index (χ0n) is 14.2. The van der Waals surface area contributed by atoms with Crippen molar-refractivity contribution in [1.82, 2.24) is 16.0 Å². The van der Waals surface area contributed by atoms with Crippen molar-refractivity contribution in [2.75, 3.05) is 13.1 Å². The van der Waals surface area contributed by atoms with Crippen LogP contribution in [0.15, 0.2) is 30.3 Å². The molecule has 1 aliphatic rings. The molecule has 3 unspecified atom stereocenters. The number of carbonyl (C=O) groups excluding carboxylic acids is 3. The Kier molecular flexibility index (Phi) is 7.56. The number of hydrogen-bond donors (Lipinski definition) is 4. The molecule has 25 heavy (non-hydrogen) atoms. The maximum atomic E-state index is 12.3. The number of amides is 2. The summed E-state index contributed by atoms with van der Waals surface area (Å²) in [5.41, 5.74) is 6.03. The Morgan fingerprint density at radius 1 is 1.28 bits per heavy atom. The maximum Gasteiger partial charge on any atom is 0.251 e. The second-order valence-corrected chi connectivity index (χ2v) is 6.27. The highest BCUT2D eigenvalue weighted by molar-refractivity contribution is 5.94. The van der Waals surface area contributed by atoms with Crippen LogP contribution in [-0.2, 0) is 9.59 Å². The number of rotatable bonds is 9. The van der Waals surface area contributed by atoms with Crippen LogP contribution < -0.4 is 21.7 Å². The number of nitrogens with one attached hydrogen (secondary N) is 3. The number of nitrogens with two attached hydrogens (primary N) is 1. The van der Waals surface area contributed by atoms with Gasteiger partial charge in [-0.25, -0.2) is 0 Å². The van der Waals surface area contributed by atoms with Crippen LogP contribution in [0, 0.1) is 0 Å². The molecule has 3 atom stereocenters. The maximum absolute atomic E-state index is 12.3. The third-order valence-corrected chi connectivity index (χ3v) is 4.28. The van der Waals surface area contributed by atoms with Crippen molar-refractivity contribution in [2.24, 2.45) is 5.73 Å². The molecule has 1 aliphatic heterocycles. The predicted octanol–water partition coefficient (Wildman–Crippen LogP) is -0.0404. The summed E-state index contributed by atoms with van der Waals surface area (Å²) in [6.07, 6.45) is 3.48. The summed E-state index contributed by atoms with van der Waals surface area (Å²) in [5.74, 6) is -0.359. The Morgan fingerprint density at radius 2 is 2.04 bits per heavy atom. The van der Waals surface area contributed by atoms with Gasteiger partial charge in [-0.15, -0.1) is 0 Å². The first-order valence-electron chi connectivity index (χ1n) is 8.69. The van der Waals surface area contributed by atoms with Crippen LogP contribution in [0.2, 0.25) is 0 Å². The molecular formula is C18H26N4O3. The van der Waals surface area contributed by atoms with Crippen LogP contribution in [-0.4, -0.2) is 49.3 Å². The van der Waals surface area contributed by atoms with Crippen molar-refractivity contribution in [1.29, 1.82) is 0 Å². The van der Waals surface area contributed by atoms with Gasteiger partial charge in [0, 0.05) is 18.2 Å². The molecule has 5 N–H and O–H groups in total. The molecule has 7 nitrogen and oxygen atoms in total. The Balaban J connectivity index is 1.78. The van der Waals surface area contributed by atoms with Crippen molar-refractivity contribution < 1.29 is 14.4 Å². The molecule has 2 amide bonds. The van der Waals surface area contributed by atoms with Crippen molar-refractivity contribution in [3.63, 3.8) is 0 Å². The van der Waals surface area contributed by atoms with Crippen LogP contribution in [0.25, 0.3) is 0 Å². The quantitative estimate of drug-likeness (QED) is 0.370. The fourth-order valence-corrected chi connectivity index (χ4v) is 2.87. The minimum atomic E-state index is -0.487.